The first-order chi connectivity index (χ1) is 8.70. The molecule has 0 saturated carbocycles. The second-order valence-electron chi connectivity index (χ2n) is 5.24. The normalized spacial score (nSPS) is 11.2. The van der Waals surface area contributed by atoms with Gasteiger partial charge in [-0.3, -0.25) is 14.9 Å². The van der Waals surface area contributed by atoms with Crippen LogP contribution in [-0.4, -0.2) is 23.3 Å². The number of nitro groups is 1. The van der Waals surface area contributed by atoms with E-state index in [-0.39, 0.29) is 17.0 Å². The zero-order chi connectivity index (χ0) is 14.8. The molecule has 0 bridgehead atoms. The average Bonchev–Trinajstić information content (AvgIpc) is 2.36. The van der Waals surface area contributed by atoms with Crippen LogP contribution in [0.25, 0.3) is 0 Å². The summed E-state index contributed by atoms with van der Waals surface area (Å²) in [6.07, 6.45) is 0.901. The molecule has 0 aliphatic carbocycles. The number of non-ortho nitro benzene ring substituents is 1. The highest BCUT2D eigenvalue weighted by molar-refractivity contribution is 6.00. The average molecular weight is 264 g/mol. The van der Waals surface area contributed by atoms with Crippen molar-refractivity contribution in [1.29, 1.82) is 0 Å². The van der Waals surface area contributed by atoms with Crippen LogP contribution in [0, 0.1) is 10.1 Å². The van der Waals surface area contributed by atoms with Crippen LogP contribution in [0.5, 0.6) is 0 Å². The lowest BCUT2D eigenvalue weighted by molar-refractivity contribution is -0.384. The lowest BCUT2D eigenvalue weighted by Gasteiger charge is -2.37. The molecule has 1 rings (SSSR count). The van der Waals surface area contributed by atoms with E-state index in [2.05, 4.69) is 20.8 Å². The highest BCUT2D eigenvalue weighted by Crippen LogP contribution is 2.30. The minimum absolute atomic E-state index is 0.0587. The first-order valence-electron chi connectivity index (χ1n) is 6.24. The Labute approximate surface area is 113 Å². The lowest BCUT2D eigenvalue weighted by atomic mass is 9.97. The summed E-state index contributed by atoms with van der Waals surface area (Å²) in [4.78, 5) is 24.0. The number of Topliss-reactive ketones (excluding diaryl/α,β-unsaturated/α-hetero) is 1. The molecule has 5 nitrogen and oxygen atoms in total. The molecule has 1 aromatic rings. The van der Waals surface area contributed by atoms with Crippen molar-refractivity contribution in [3.63, 3.8) is 0 Å². The van der Waals surface area contributed by atoms with E-state index in [0.717, 1.165) is 12.1 Å². The van der Waals surface area contributed by atoms with Crippen molar-refractivity contribution in [2.75, 3.05) is 11.9 Å². The predicted octanol–water partition coefficient (Wildman–Crippen LogP) is 3.42. The maximum Gasteiger partial charge on any atom is 0.270 e. The van der Waals surface area contributed by atoms with Crippen LogP contribution in [0.3, 0.4) is 0 Å². The molecule has 0 aliphatic heterocycles. The van der Waals surface area contributed by atoms with E-state index in [1.165, 1.54) is 19.1 Å². The van der Waals surface area contributed by atoms with Gasteiger partial charge in [0.05, 0.1) is 4.92 Å². The van der Waals surface area contributed by atoms with Gasteiger partial charge in [0.1, 0.15) is 0 Å². The molecule has 0 amide bonds. The van der Waals surface area contributed by atoms with Crippen molar-refractivity contribution in [2.45, 2.75) is 39.7 Å². The quantitative estimate of drug-likeness (QED) is 0.464. The van der Waals surface area contributed by atoms with Crippen molar-refractivity contribution in [3.8, 4) is 0 Å². The maximum atomic E-state index is 11.7. The van der Waals surface area contributed by atoms with Crippen molar-refractivity contribution in [2.24, 2.45) is 0 Å². The number of carbonyl (C=O) groups is 1. The summed E-state index contributed by atoms with van der Waals surface area (Å²) in [6, 6.07) is 4.43. The largest absolute Gasteiger partial charge is 0.369 e. The van der Waals surface area contributed by atoms with Gasteiger partial charge >= 0.3 is 0 Å². The molecule has 0 radical (unpaired) electrons. The number of nitrogens with zero attached hydrogens (tertiary/aromatic N) is 2. The lowest BCUT2D eigenvalue weighted by Crippen LogP contribution is -2.41. The van der Waals surface area contributed by atoms with E-state index in [1.54, 1.807) is 6.07 Å². The third-order valence-electron chi connectivity index (χ3n) is 3.70. The zero-order valence-corrected chi connectivity index (χ0v) is 12.1. The third-order valence-corrected chi connectivity index (χ3v) is 3.70. The monoisotopic (exact) mass is 264 g/mol. The van der Waals surface area contributed by atoms with Crippen molar-refractivity contribution < 1.29 is 9.72 Å². The van der Waals surface area contributed by atoms with Crippen LogP contribution in [0.1, 0.15) is 44.5 Å². The van der Waals surface area contributed by atoms with Gasteiger partial charge in [0, 0.05) is 36.0 Å². The van der Waals surface area contributed by atoms with Gasteiger partial charge in [-0.1, -0.05) is 6.92 Å². The SMILES string of the molecule is CCC(C)(C)N(C)c1ccc([N+](=O)[O-])cc1C(C)=O. The van der Waals surface area contributed by atoms with Crippen molar-refractivity contribution in [3.05, 3.63) is 33.9 Å². The number of nitro benzene ring substituents is 1. The Balaban J connectivity index is 3.36. The molecular formula is C14H20N2O3. The Morgan fingerprint density at radius 1 is 1.42 bits per heavy atom. The van der Waals surface area contributed by atoms with Crippen LogP contribution in [0.15, 0.2) is 18.2 Å². The van der Waals surface area contributed by atoms with Gasteiger partial charge in [0.25, 0.3) is 5.69 Å². The number of anilines is 1. The second-order valence-corrected chi connectivity index (χ2v) is 5.24. The van der Waals surface area contributed by atoms with E-state index in [0.29, 0.717) is 5.56 Å². The summed E-state index contributed by atoms with van der Waals surface area (Å²) in [5, 5.41) is 10.8. The maximum absolute atomic E-state index is 11.7. The van der Waals surface area contributed by atoms with E-state index in [4.69, 9.17) is 0 Å². The molecule has 0 saturated heterocycles. The molecule has 0 unspecified atom stereocenters. The Morgan fingerprint density at radius 3 is 2.42 bits per heavy atom. The van der Waals surface area contributed by atoms with Gasteiger partial charge in [-0.2, -0.15) is 0 Å². The summed E-state index contributed by atoms with van der Waals surface area (Å²) in [5.41, 5.74) is 0.931. The standard InChI is InChI=1S/C14H20N2O3/c1-6-14(3,4)15(5)13-8-7-11(16(18)19)9-12(13)10(2)17/h7-9H,6H2,1-5H3. The van der Waals surface area contributed by atoms with Gasteiger partial charge in [-0.05, 0) is 33.3 Å². The number of rotatable bonds is 5. The molecule has 0 heterocycles. The van der Waals surface area contributed by atoms with E-state index >= 15 is 0 Å². The molecule has 0 aromatic heterocycles. The first kappa shape index (κ1) is 15.1. The van der Waals surface area contributed by atoms with Crippen LogP contribution in [0.4, 0.5) is 11.4 Å². The molecule has 0 N–H and O–H groups in total. The predicted molar refractivity (Wildman–Crippen MR) is 75.9 cm³/mol. The number of carbonyl (C=O) groups excluding carboxylic acids is 1. The summed E-state index contributed by atoms with van der Waals surface area (Å²) in [7, 11) is 1.90. The molecule has 1 aromatic carbocycles. The Kier molecular flexibility index (Phi) is 4.29. The molecule has 104 valence electrons. The topological polar surface area (TPSA) is 63.4 Å². The van der Waals surface area contributed by atoms with E-state index in [9.17, 15) is 14.9 Å². The molecule has 0 fully saturated rings. The van der Waals surface area contributed by atoms with Gasteiger partial charge in [-0.25, -0.2) is 0 Å². The molecule has 19 heavy (non-hydrogen) atoms. The van der Waals surface area contributed by atoms with Crippen LogP contribution in [-0.2, 0) is 0 Å². The smallest absolute Gasteiger partial charge is 0.270 e. The molecular weight excluding hydrogens is 244 g/mol. The Morgan fingerprint density at radius 2 is 2.00 bits per heavy atom. The van der Waals surface area contributed by atoms with Crippen LogP contribution < -0.4 is 4.90 Å². The highest BCUT2D eigenvalue weighted by atomic mass is 16.6. The van der Waals surface area contributed by atoms with Crippen LogP contribution >= 0.6 is 0 Å². The summed E-state index contributed by atoms with van der Waals surface area (Å²) < 4.78 is 0. The fraction of sp³-hybridized carbons (Fsp3) is 0.500. The van der Waals surface area contributed by atoms with Gasteiger partial charge < -0.3 is 4.90 Å². The number of ketones is 1. The third kappa shape index (κ3) is 3.10. The number of hydrogen-bond acceptors (Lipinski definition) is 4. The Hall–Kier alpha value is -1.91. The fourth-order valence-corrected chi connectivity index (χ4v) is 1.78. The van der Waals surface area contributed by atoms with Gasteiger partial charge in [0.15, 0.2) is 5.78 Å². The Bertz CT molecular complexity index is 509. The molecule has 0 atom stereocenters. The van der Waals surface area contributed by atoms with Gasteiger partial charge in [-0.15, -0.1) is 0 Å². The summed E-state index contributed by atoms with van der Waals surface area (Å²) in [6.45, 7) is 7.63. The van der Waals surface area contributed by atoms with Crippen LogP contribution in [0.2, 0.25) is 0 Å². The zero-order valence-electron chi connectivity index (χ0n) is 12.1. The van der Waals surface area contributed by atoms with Gasteiger partial charge in [0.2, 0.25) is 0 Å². The second kappa shape index (κ2) is 5.38. The molecule has 0 spiro atoms. The van der Waals surface area contributed by atoms with Crippen molar-refractivity contribution in [1.82, 2.24) is 0 Å². The number of hydrogen-bond donors (Lipinski definition) is 0. The summed E-state index contributed by atoms with van der Waals surface area (Å²) in [5.74, 6) is -0.169. The highest BCUT2D eigenvalue weighted by Gasteiger charge is 2.25. The summed E-state index contributed by atoms with van der Waals surface area (Å²) >= 11 is 0. The fourth-order valence-electron chi connectivity index (χ4n) is 1.78. The first-order valence-corrected chi connectivity index (χ1v) is 6.24. The van der Waals surface area contributed by atoms with E-state index in [1.807, 2.05) is 11.9 Å². The number of benzene rings is 1. The van der Waals surface area contributed by atoms with Crippen molar-refractivity contribution >= 4 is 17.2 Å². The minimum atomic E-state index is -0.485. The minimum Gasteiger partial charge on any atom is -0.369 e. The van der Waals surface area contributed by atoms with E-state index < -0.39 is 4.92 Å². The molecule has 5 heteroatoms. The molecule has 0 aliphatic rings.